The van der Waals surface area contributed by atoms with Gasteiger partial charge in [0.2, 0.25) is 0 Å². The van der Waals surface area contributed by atoms with E-state index in [9.17, 15) is 4.79 Å². The fourth-order valence-corrected chi connectivity index (χ4v) is 1.81. The largest absolute Gasteiger partial charge is 0.484 e. The first-order valence-corrected chi connectivity index (χ1v) is 6.72. The number of rotatable bonds is 5. The van der Waals surface area contributed by atoms with E-state index in [0.717, 1.165) is 5.56 Å². The average Bonchev–Trinajstić information content (AvgIpc) is 2.46. The Morgan fingerprint density at radius 2 is 2.10 bits per heavy atom. The summed E-state index contributed by atoms with van der Waals surface area (Å²) in [6, 6.07) is 10.7. The van der Waals surface area contributed by atoms with Crippen molar-refractivity contribution in [3.63, 3.8) is 0 Å². The molecule has 21 heavy (non-hydrogen) atoms. The number of amides is 1. The van der Waals surface area contributed by atoms with Crippen molar-refractivity contribution >= 4 is 28.8 Å². The van der Waals surface area contributed by atoms with E-state index in [0.29, 0.717) is 17.1 Å². The Balaban J connectivity index is 2.18. The van der Waals surface area contributed by atoms with E-state index >= 15 is 0 Å². The van der Waals surface area contributed by atoms with Gasteiger partial charge in [0.25, 0.3) is 5.91 Å². The topological polar surface area (TPSA) is 77.2 Å². The summed E-state index contributed by atoms with van der Waals surface area (Å²) in [5.74, 6) is 0.215. The minimum atomic E-state index is -0.292. The monoisotopic (exact) mass is 301 g/mol. The van der Waals surface area contributed by atoms with Crippen molar-refractivity contribution in [2.75, 3.05) is 11.9 Å². The van der Waals surface area contributed by atoms with Gasteiger partial charge >= 0.3 is 0 Å². The first kappa shape index (κ1) is 14.9. The van der Waals surface area contributed by atoms with Crippen LogP contribution in [0.5, 0.6) is 5.75 Å². The van der Waals surface area contributed by atoms with Gasteiger partial charge in [0, 0.05) is 6.20 Å². The molecule has 3 N–H and O–H groups in total. The van der Waals surface area contributed by atoms with Gasteiger partial charge in [0.15, 0.2) is 0 Å². The third kappa shape index (κ3) is 4.00. The molecule has 0 aliphatic carbocycles. The number of anilines is 1. The smallest absolute Gasteiger partial charge is 0.274 e. The van der Waals surface area contributed by atoms with E-state index in [1.165, 1.54) is 0 Å². The highest BCUT2D eigenvalue weighted by atomic mass is 32.1. The summed E-state index contributed by atoms with van der Waals surface area (Å²) in [4.78, 5) is 16.6. The number of aromatic nitrogens is 1. The third-order valence-corrected chi connectivity index (χ3v) is 2.85. The number of nitrogens with two attached hydrogens (primary N) is 1. The van der Waals surface area contributed by atoms with E-state index < -0.39 is 0 Å². The number of nitrogens with one attached hydrogen (secondary N) is 1. The fraction of sp³-hybridized carbons (Fsp3) is 0.133. The van der Waals surface area contributed by atoms with E-state index in [4.69, 9.17) is 22.7 Å². The number of carbonyl (C=O) groups excluding carboxylic acids is 1. The van der Waals surface area contributed by atoms with E-state index in [2.05, 4.69) is 10.3 Å². The Morgan fingerprint density at radius 1 is 1.33 bits per heavy atom. The Kier molecular flexibility index (Phi) is 4.84. The van der Waals surface area contributed by atoms with E-state index in [1.807, 2.05) is 13.0 Å². The van der Waals surface area contributed by atoms with Crippen LogP contribution in [0, 0.1) is 6.92 Å². The second kappa shape index (κ2) is 6.81. The molecule has 2 aromatic rings. The minimum absolute atomic E-state index is 0.116. The number of ether oxygens (including phenoxy) is 1. The SMILES string of the molecule is Cc1cccnc1C(=O)Nc1ccccc1OCC(N)=S. The van der Waals surface area contributed by atoms with Crippen LogP contribution in [0.3, 0.4) is 0 Å². The molecule has 0 bridgehead atoms. The zero-order valence-corrected chi connectivity index (χ0v) is 12.3. The zero-order chi connectivity index (χ0) is 15.2. The molecule has 1 heterocycles. The van der Waals surface area contributed by atoms with Crippen LogP contribution in [0.4, 0.5) is 5.69 Å². The van der Waals surface area contributed by atoms with Gasteiger partial charge in [-0.05, 0) is 30.7 Å². The first-order valence-electron chi connectivity index (χ1n) is 6.31. The van der Waals surface area contributed by atoms with Crippen LogP contribution in [-0.4, -0.2) is 22.5 Å². The molecule has 1 amide bonds. The summed E-state index contributed by atoms with van der Waals surface area (Å²) >= 11 is 4.77. The predicted molar refractivity (Wildman–Crippen MR) is 85.6 cm³/mol. The molecule has 0 aliphatic rings. The Labute approximate surface area is 128 Å². The second-order valence-corrected chi connectivity index (χ2v) is 4.90. The molecule has 0 saturated heterocycles. The van der Waals surface area contributed by atoms with E-state index in [-0.39, 0.29) is 17.5 Å². The first-order chi connectivity index (χ1) is 10.1. The molecular formula is C15H15N3O2S. The predicted octanol–water partition coefficient (Wildman–Crippen LogP) is 2.31. The lowest BCUT2D eigenvalue weighted by Gasteiger charge is -2.12. The number of carbonyl (C=O) groups is 1. The summed E-state index contributed by atoms with van der Waals surface area (Å²) in [5.41, 5.74) is 7.14. The Bertz CT molecular complexity index is 673. The summed E-state index contributed by atoms with van der Waals surface area (Å²) in [6.07, 6.45) is 1.58. The summed E-state index contributed by atoms with van der Waals surface area (Å²) in [6.45, 7) is 1.95. The number of hydrogen-bond acceptors (Lipinski definition) is 4. The summed E-state index contributed by atoms with van der Waals surface area (Å²) < 4.78 is 5.46. The highest BCUT2D eigenvalue weighted by molar-refractivity contribution is 7.80. The Morgan fingerprint density at radius 3 is 2.81 bits per heavy atom. The molecule has 0 aliphatic heterocycles. The second-order valence-electron chi connectivity index (χ2n) is 4.37. The number of thiocarbonyl (C=S) groups is 1. The van der Waals surface area contributed by atoms with Crippen LogP contribution >= 0.6 is 12.2 Å². The maximum atomic E-state index is 12.2. The molecule has 0 unspecified atom stereocenters. The van der Waals surface area contributed by atoms with Crippen molar-refractivity contribution in [1.82, 2.24) is 4.98 Å². The van der Waals surface area contributed by atoms with Crippen molar-refractivity contribution in [2.24, 2.45) is 5.73 Å². The van der Waals surface area contributed by atoms with Crippen molar-refractivity contribution in [3.8, 4) is 5.75 Å². The van der Waals surface area contributed by atoms with Crippen molar-refractivity contribution in [1.29, 1.82) is 0 Å². The lowest BCUT2D eigenvalue weighted by molar-refractivity contribution is 0.102. The number of para-hydroxylation sites is 2. The van der Waals surface area contributed by atoms with Crippen molar-refractivity contribution in [3.05, 3.63) is 53.9 Å². The molecular weight excluding hydrogens is 286 g/mol. The number of nitrogens with zero attached hydrogens (tertiary/aromatic N) is 1. The summed E-state index contributed by atoms with van der Waals surface area (Å²) in [5, 5.41) is 2.78. The number of aryl methyl sites for hydroxylation is 1. The molecule has 5 nitrogen and oxygen atoms in total. The Hall–Kier alpha value is -2.47. The van der Waals surface area contributed by atoms with Gasteiger partial charge in [0.1, 0.15) is 23.0 Å². The van der Waals surface area contributed by atoms with Gasteiger partial charge in [-0.3, -0.25) is 9.78 Å². The third-order valence-electron chi connectivity index (χ3n) is 2.73. The van der Waals surface area contributed by atoms with Crippen molar-refractivity contribution < 1.29 is 9.53 Å². The molecule has 108 valence electrons. The van der Waals surface area contributed by atoms with Crippen LogP contribution in [0.2, 0.25) is 0 Å². The van der Waals surface area contributed by atoms with Crippen LogP contribution in [0.15, 0.2) is 42.6 Å². The summed E-state index contributed by atoms with van der Waals surface area (Å²) in [7, 11) is 0. The molecule has 0 atom stereocenters. The number of hydrogen-bond donors (Lipinski definition) is 2. The molecule has 6 heteroatoms. The van der Waals surface area contributed by atoms with Gasteiger partial charge in [-0.1, -0.05) is 30.4 Å². The number of benzene rings is 1. The van der Waals surface area contributed by atoms with Crippen LogP contribution in [0.1, 0.15) is 16.1 Å². The lowest BCUT2D eigenvalue weighted by Crippen LogP contribution is -2.19. The molecule has 2 rings (SSSR count). The highest BCUT2D eigenvalue weighted by Crippen LogP contribution is 2.24. The normalized spacial score (nSPS) is 9.95. The lowest BCUT2D eigenvalue weighted by atomic mass is 10.2. The molecule has 0 saturated carbocycles. The molecule has 1 aromatic carbocycles. The fourth-order valence-electron chi connectivity index (χ4n) is 1.75. The van der Waals surface area contributed by atoms with Gasteiger partial charge in [-0.2, -0.15) is 0 Å². The van der Waals surface area contributed by atoms with Crippen LogP contribution in [-0.2, 0) is 0 Å². The standard InChI is InChI=1S/C15H15N3O2S/c1-10-5-4-8-17-14(10)15(19)18-11-6-2-3-7-12(11)20-9-13(16)21/h2-8H,9H2,1H3,(H2,16,21)(H,18,19). The molecule has 1 aromatic heterocycles. The maximum Gasteiger partial charge on any atom is 0.274 e. The zero-order valence-electron chi connectivity index (χ0n) is 11.5. The number of pyridine rings is 1. The quantitative estimate of drug-likeness (QED) is 0.829. The van der Waals surface area contributed by atoms with Crippen molar-refractivity contribution in [2.45, 2.75) is 6.92 Å². The molecule has 0 radical (unpaired) electrons. The average molecular weight is 301 g/mol. The van der Waals surface area contributed by atoms with Gasteiger partial charge in [0.05, 0.1) is 5.69 Å². The molecule has 0 spiro atoms. The minimum Gasteiger partial charge on any atom is -0.484 e. The van der Waals surface area contributed by atoms with Crippen LogP contribution < -0.4 is 15.8 Å². The van der Waals surface area contributed by atoms with Gasteiger partial charge in [-0.15, -0.1) is 0 Å². The van der Waals surface area contributed by atoms with E-state index in [1.54, 1.807) is 36.5 Å². The van der Waals surface area contributed by atoms with Crippen LogP contribution in [0.25, 0.3) is 0 Å². The maximum absolute atomic E-state index is 12.2. The van der Waals surface area contributed by atoms with Gasteiger partial charge in [-0.25, -0.2) is 0 Å². The highest BCUT2D eigenvalue weighted by Gasteiger charge is 2.12. The van der Waals surface area contributed by atoms with Gasteiger partial charge < -0.3 is 15.8 Å². The molecule has 0 fully saturated rings.